The van der Waals surface area contributed by atoms with E-state index in [1.807, 2.05) is 12.1 Å². The molecule has 96 valence electrons. The molecule has 0 spiro atoms. The average Bonchev–Trinajstić information content (AvgIpc) is 3.13. The van der Waals surface area contributed by atoms with Crippen molar-refractivity contribution in [2.45, 2.75) is 25.4 Å². The van der Waals surface area contributed by atoms with E-state index in [1.54, 1.807) is 18.5 Å². The molecule has 0 aromatic carbocycles. The van der Waals surface area contributed by atoms with Crippen LogP contribution in [0.4, 0.5) is 11.5 Å². The lowest BCUT2D eigenvalue weighted by Gasteiger charge is -2.23. The van der Waals surface area contributed by atoms with Gasteiger partial charge in [0.2, 0.25) is 0 Å². The summed E-state index contributed by atoms with van der Waals surface area (Å²) < 4.78 is 5.38. The molecule has 0 amide bonds. The van der Waals surface area contributed by atoms with Gasteiger partial charge in [-0.3, -0.25) is 0 Å². The Kier molecular flexibility index (Phi) is 2.84. The number of hydrogen-bond donors (Lipinski definition) is 1. The van der Waals surface area contributed by atoms with Gasteiger partial charge in [-0.1, -0.05) is 0 Å². The molecule has 0 unspecified atom stereocenters. The summed E-state index contributed by atoms with van der Waals surface area (Å²) in [7, 11) is 0. The Morgan fingerprint density at radius 1 is 1.53 bits per heavy atom. The molecule has 0 radical (unpaired) electrons. The smallest absolute Gasteiger partial charge is 0.147 e. The van der Waals surface area contributed by atoms with Crippen molar-refractivity contribution in [3.8, 4) is 6.07 Å². The SMILES string of the molecule is N#Cc1cc(N)cnc1N(Cc1ccco1)C1CC1. The van der Waals surface area contributed by atoms with E-state index in [2.05, 4.69) is 16.0 Å². The van der Waals surface area contributed by atoms with Crippen LogP contribution in [0.3, 0.4) is 0 Å². The van der Waals surface area contributed by atoms with Crippen molar-refractivity contribution in [3.05, 3.63) is 42.0 Å². The van der Waals surface area contributed by atoms with Crippen LogP contribution in [-0.2, 0) is 6.54 Å². The fourth-order valence-electron chi connectivity index (χ4n) is 2.12. The third kappa shape index (κ3) is 2.38. The van der Waals surface area contributed by atoms with Crippen LogP contribution in [0.2, 0.25) is 0 Å². The highest BCUT2D eigenvalue weighted by molar-refractivity contribution is 5.59. The first-order chi connectivity index (χ1) is 9.28. The Balaban J connectivity index is 1.94. The van der Waals surface area contributed by atoms with Gasteiger partial charge in [0.15, 0.2) is 0 Å². The zero-order chi connectivity index (χ0) is 13.2. The van der Waals surface area contributed by atoms with Crippen LogP contribution < -0.4 is 10.6 Å². The molecule has 1 saturated carbocycles. The lowest BCUT2D eigenvalue weighted by atomic mass is 10.2. The van der Waals surface area contributed by atoms with Crippen LogP contribution in [0.25, 0.3) is 0 Å². The lowest BCUT2D eigenvalue weighted by Crippen LogP contribution is -2.26. The van der Waals surface area contributed by atoms with Gasteiger partial charge in [0.1, 0.15) is 17.6 Å². The van der Waals surface area contributed by atoms with Crippen molar-refractivity contribution in [3.63, 3.8) is 0 Å². The van der Waals surface area contributed by atoms with E-state index in [0.717, 1.165) is 18.6 Å². The fourth-order valence-corrected chi connectivity index (χ4v) is 2.12. The van der Waals surface area contributed by atoms with Crippen LogP contribution in [-0.4, -0.2) is 11.0 Å². The summed E-state index contributed by atoms with van der Waals surface area (Å²) in [6, 6.07) is 8.06. The zero-order valence-corrected chi connectivity index (χ0v) is 10.4. The maximum absolute atomic E-state index is 9.22. The largest absolute Gasteiger partial charge is 0.467 e. The average molecular weight is 254 g/mol. The van der Waals surface area contributed by atoms with E-state index >= 15 is 0 Å². The maximum Gasteiger partial charge on any atom is 0.147 e. The molecule has 3 rings (SSSR count). The van der Waals surface area contributed by atoms with Crippen molar-refractivity contribution in [1.29, 1.82) is 5.26 Å². The summed E-state index contributed by atoms with van der Waals surface area (Å²) in [5, 5.41) is 9.22. The Labute approximate surface area is 111 Å². The standard InChI is InChI=1S/C14H14N4O/c15-7-10-6-11(16)8-17-14(10)18(12-3-4-12)9-13-2-1-5-19-13/h1-2,5-6,8,12H,3-4,9,16H2. The van der Waals surface area contributed by atoms with Crippen molar-refractivity contribution >= 4 is 11.5 Å². The summed E-state index contributed by atoms with van der Waals surface area (Å²) in [5.41, 5.74) is 6.70. The molecular formula is C14H14N4O. The first-order valence-electron chi connectivity index (χ1n) is 6.22. The second kappa shape index (κ2) is 4.65. The van der Waals surface area contributed by atoms with E-state index in [-0.39, 0.29) is 0 Å². The molecule has 1 aliphatic rings. The number of nitrogens with zero attached hydrogens (tertiary/aromatic N) is 3. The Morgan fingerprint density at radius 2 is 2.37 bits per heavy atom. The van der Waals surface area contributed by atoms with Gasteiger partial charge in [0.05, 0.1) is 30.3 Å². The van der Waals surface area contributed by atoms with Crippen LogP contribution in [0.1, 0.15) is 24.2 Å². The van der Waals surface area contributed by atoms with Gasteiger partial charge in [-0.25, -0.2) is 4.98 Å². The predicted octanol–water partition coefficient (Wildman–Crippen LogP) is 2.30. The number of nitrogen functional groups attached to an aromatic ring is 1. The second-order valence-corrected chi connectivity index (χ2v) is 4.69. The number of rotatable bonds is 4. The summed E-state index contributed by atoms with van der Waals surface area (Å²) in [6.07, 6.45) is 5.49. The predicted molar refractivity (Wildman–Crippen MR) is 71.3 cm³/mol. The second-order valence-electron chi connectivity index (χ2n) is 4.69. The van der Waals surface area contributed by atoms with Crippen molar-refractivity contribution in [1.82, 2.24) is 4.98 Å². The van der Waals surface area contributed by atoms with Crippen molar-refractivity contribution < 1.29 is 4.42 Å². The Hall–Kier alpha value is -2.48. The maximum atomic E-state index is 9.22. The first kappa shape index (κ1) is 11.6. The van der Waals surface area contributed by atoms with Gasteiger partial charge < -0.3 is 15.1 Å². The third-order valence-electron chi connectivity index (χ3n) is 3.17. The van der Waals surface area contributed by atoms with Crippen LogP contribution in [0.5, 0.6) is 0 Å². The van der Waals surface area contributed by atoms with E-state index in [9.17, 15) is 5.26 Å². The number of pyridine rings is 1. The summed E-state index contributed by atoms with van der Waals surface area (Å²) in [6.45, 7) is 0.628. The highest BCUT2D eigenvalue weighted by atomic mass is 16.3. The number of furan rings is 1. The van der Waals surface area contributed by atoms with Gasteiger partial charge in [0, 0.05) is 6.04 Å². The summed E-state index contributed by atoms with van der Waals surface area (Å²) >= 11 is 0. The normalized spacial score (nSPS) is 14.1. The molecule has 0 saturated heterocycles. The number of nitrogens with two attached hydrogens (primary N) is 1. The summed E-state index contributed by atoms with van der Waals surface area (Å²) in [4.78, 5) is 6.45. The van der Waals surface area contributed by atoms with Gasteiger partial charge in [-0.2, -0.15) is 5.26 Å². The van der Waals surface area contributed by atoms with E-state index < -0.39 is 0 Å². The van der Waals surface area contributed by atoms with Gasteiger partial charge in [0.25, 0.3) is 0 Å². The van der Waals surface area contributed by atoms with Crippen LogP contribution in [0.15, 0.2) is 35.1 Å². The van der Waals surface area contributed by atoms with E-state index in [4.69, 9.17) is 10.2 Å². The Bertz CT molecular complexity index is 611. The molecule has 1 aliphatic carbocycles. The molecule has 2 N–H and O–H groups in total. The van der Waals surface area contributed by atoms with Gasteiger partial charge in [-0.05, 0) is 31.0 Å². The molecular weight excluding hydrogens is 240 g/mol. The highest BCUT2D eigenvalue weighted by Crippen LogP contribution is 2.34. The van der Waals surface area contributed by atoms with Crippen LogP contribution in [0, 0.1) is 11.3 Å². The van der Waals surface area contributed by atoms with Crippen LogP contribution >= 0.6 is 0 Å². The molecule has 2 aromatic heterocycles. The Morgan fingerprint density at radius 3 is 3.00 bits per heavy atom. The highest BCUT2D eigenvalue weighted by Gasteiger charge is 2.32. The lowest BCUT2D eigenvalue weighted by molar-refractivity contribution is 0.500. The number of aromatic nitrogens is 1. The number of hydrogen-bond acceptors (Lipinski definition) is 5. The minimum atomic E-state index is 0.438. The molecule has 5 heteroatoms. The first-order valence-corrected chi connectivity index (χ1v) is 6.22. The van der Waals surface area contributed by atoms with Gasteiger partial charge in [-0.15, -0.1) is 0 Å². The molecule has 2 heterocycles. The number of nitriles is 1. The zero-order valence-electron chi connectivity index (χ0n) is 10.4. The number of anilines is 2. The third-order valence-corrected chi connectivity index (χ3v) is 3.17. The molecule has 1 fully saturated rings. The minimum absolute atomic E-state index is 0.438. The molecule has 0 bridgehead atoms. The van der Waals surface area contributed by atoms with Gasteiger partial charge >= 0.3 is 0 Å². The quantitative estimate of drug-likeness (QED) is 0.905. The molecule has 0 atom stereocenters. The van der Waals surface area contributed by atoms with Crippen molar-refractivity contribution in [2.75, 3.05) is 10.6 Å². The molecule has 0 aliphatic heterocycles. The molecule has 19 heavy (non-hydrogen) atoms. The van der Waals surface area contributed by atoms with E-state index in [1.165, 1.54) is 0 Å². The van der Waals surface area contributed by atoms with E-state index in [0.29, 0.717) is 29.7 Å². The molecule has 5 nitrogen and oxygen atoms in total. The van der Waals surface area contributed by atoms with Crippen molar-refractivity contribution in [2.24, 2.45) is 0 Å². The topological polar surface area (TPSA) is 79.1 Å². The fraction of sp³-hybridized carbons (Fsp3) is 0.286. The molecule has 2 aromatic rings. The summed E-state index contributed by atoms with van der Waals surface area (Å²) in [5.74, 6) is 1.56. The monoisotopic (exact) mass is 254 g/mol. The minimum Gasteiger partial charge on any atom is -0.467 e.